The number of para-hydroxylation sites is 2. The van der Waals surface area contributed by atoms with Crippen molar-refractivity contribution in [1.29, 1.82) is 0 Å². The number of nitrogens with one attached hydrogen (secondary N) is 1. The van der Waals surface area contributed by atoms with Crippen molar-refractivity contribution in [3.05, 3.63) is 35.5 Å². The number of amides is 1. The van der Waals surface area contributed by atoms with Crippen molar-refractivity contribution in [3.8, 4) is 0 Å². The third kappa shape index (κ3) is 2.84. The van der Waals surface area contributed by atoms with Gasteiger partial charge in [-0.1, -0.05) is 32.9 Å². The van der Waals surface area contributed by atoms with Crippen LogP contribution in [0.5, 0.6) is 0 Å². The van der Waals surface area contributed by atoms with Crippen LogP contribution in [0.25, 0.3) is 0 Å². The fourth-order valence-electron chi connectivity index (χ4n) is 3.84. The number of anilines is 2. The van der Waals surface area contributed by atoms with E-state index in [2.05, 4.69) is 19.2 Å². The monoisotopic (exact) mass is 346 g/mol. The van der Waals surface area contributed by atoms with Crippen molar-refractivity contribution in [2.45, 2.75) is 46.1 Å². The topological polar surface area (TPSA) is 49.4 Å². The Morgan fingerprint density at radius 1 is 1.33 bits per heavy atom. The van der Waals surface area contributed by atoms with Crippen LogP contribution in [0.1, 0.15) is 40.0 Å². The van der Waals surface area contributed by atoms with Gasteiger partial charge in [-0.15, -0.1) is 11.6 Å². The number of allylic oxidation sites excluding steroid dienone is 1. The molecule has 1 aliphatic carbocycles. The highest BCUT2D eigenvalue weighted by atomic mass is 35.5. The van der Waals surface area contributed by atoms with Gasteiger partial charge in [0.1, 0.15) is 5.88 Å². The summed E-state index contributed by atoms with van der Waals surface area (Å²) in [5.74, 6) is -0.155. The number of fused-ring (bicyclic) bond motifs is 1. The van der Waals surface area contributed by atoms with Crippen molar-refractivity contribution in [2.75, 3.05) is 16.1 Å². The molecule has 24 heavy (non-hydrogen) atoms. The SMILES string of the molecule is CC[C@H]1C2=C(CC(C)(C)CC2=O)Nc2ccccc2N1C(=O)CCl. The van der Waals surface area contributed by atoms with Gasteiger partial charge in [0.15, 0.2) is 5.78 Å². The molecule has 0 bridgehead atoms. The Morgan fingerprint density at radius 2 is 2.04 bits per heavy atom. The second-order valence-electron chi connectivity index (χ2n) is 7.30. The average Bonchev–Trinajstić information content (AvgIpc) is 2.66. The number of benzene rings is 1. The van der Waals surface area contributed by atoms with Crippen LogP contribution in [0, 0.1) is 5.41 Å². The van der Waals surface area contributed by atoms with Crippen LogP contribution in [0.3, 0.4) is 0 Å². The maximum atomic E-state index is 12.9. The van der Waals surface area contributed by atoms with Crippen molar-refractivity contribution in [3.63, 3.8) is 0 Å². The summed E-state index contributed by atoms with van der Waals surface area (Å²) in [4.78, 5) is 27.2. The molecule has 1 atom stereocenters. The number of carbonyl (C=O) groups excluding carboxylic acids is 2. The Morgan fingerprint density at radius 3 is 2.71 bits per heavy atom. The zero-order valence-corrected chi connectivity index (χ0v) is 15.1. The van der Waals surface area contributed by atoms with E-state index in [0.29, 0.717) is 12.8 Å². The van der Waals surface area contributed by atoms with Gasteiger partial charge in [0.2, 0.25) is 5.91 Å². The minimum atomic E-state index is -0.272. The Kier molecular flexibility index (Phi) is 4.43. The number of carbonyl (C=O) groups is 2. The molecule has 0 fully saturated rings. The second kappa shape index (κ2) is 6.25. The van der Waals surface area contributed by atoms with Gasteiger partial charge in [-0.2, -0.15) is 0 Å². The van der Waals surface area contributed by atoms with Gasteiger partial charge in [-0.25, -0.2) is 0 Å². The second-order valence-corrected chi connectivity index (χ2v) is 7.56. The molecule has 1 N–H and O–H groups in total. The highest BCUT2D eigenvalue weighted by Gasteiger charge is 2.41. The summed E-state index contributed by atoms with van der Waals surface area (Å²) in [6, 6.07) is 7.41. The van der Waals surface area contributed by atoms with Crippen molar-refractivity contribution in [2.24, 2.45) is 5.41 Å². The average molecular weight is 347 g/mol. The van der Waals surface area contributed by atoms with Gasteiger partial charge < -0.3 is 10.2 Å². The summed E-state index contributed by atoms with van der Waals surface area (Å²) in [7, 11) is 0. The summed E-state index contributed by atoms with van der Waals surface area (Å²) >= 11 is 5.87. The van der Waals surface area contributed by atoms with E-state index in [1.165, 1.54) is 0 Å². The van der Waals surface area contributed by atoms with E-state index in [0.717, 1.165) is 29.1 Å². The zero-order chi connectivity index (χ0) is 17.5. The van der Waals surface area contributed by atoms with E-state index in [1.54, 1.807) is 4.90 Å². The Balaban J connectivity index is 2.21. The normalized spacial score (nSPS) is 22.4. The lowest BCUT2D eigenvalue weighted by molar-refractivity contribution is -0.118. The summed E-state index contributed by atoms with van der Waals surface area (Å²) in [6.07, 6.45) is 1.97. The Labute approximate surface area is 147 Å². The number of nitrogens with zero attached hydrogens (tertiary/aromatic N) is 1. The smallest absolute Gasteiger partial charge is 0.242 e. The van der Waals surface area contributed by atoms with Crippen LogP contribution in [0.15, 0.2) is 35.5 Å². The Hall–Kier alpha value is -1.81. The summed E-state index contributed by atoms with van der Waals surface area (Å²) in [6.45, 7) is 6.22. The van der Waals surface area contributed by atoms with Gasteiger partial charge in [0.25, 0.3) is 0 Å². The van der Waals surface area contributed by atoms with E-state index < -0.39 is 0 Å². The number of hydrogen-bond acceptors (Lipinski definition) is 3. The van der Waals surface area contributed by atoms with Crippen LogP contribution in [0.2, 0.25) is 0 Å². The molecule has 1 amide bonds. The minimum absolute atomic E-state index is 0.0815. The van der Waals surface area contributed by atoms with E-state index in [9.17, 15) is 9.59 Å². The third-order valence-electron chi connectivity index (χ3n) is 4.78. The van der Waals surface area contributed by atoms with Crippen LogP contribution >= 0.6 is 11.6 Å². The number of ketones is 1. The molecule has 4 nitrogen and oxygen atoms in total. The van der Waals surface area contributed by atoms with Crippen molar-refractivity contribution in [1.82, 2.24) is 0 Å². The molecule has 0 radical (unpaired) electrons. The fraction of sp³-hybridized carbons (Fsp3) is 0.474. The maximum absolute atomic E-state index is 12.9. The quantitative estimate of drug-likeness (QED) is 0.820. The number of alkyl halides is 1. The van der Waals surface area contributed by atoms with Gasteiger partial charge in [0, 0.05) is 17.7 Å². The maximum Gasteiger partial charge on any atom is 0.242 e. The molecule has 2 aliphatic rings. The van der Waals surface area contributed by atoms with Gasteiger partial charge >= 0.3 is 0 Å². The first-order chi connectivity index (χ1) is 11.4. The summed E-state index contributed by atoms with van der Waals surface area (Å²) in [5.41, 5.74) is 3.24. The molecule has 1 aromatic carbocycles. The van der Waals surface area contributed by atoms with Gasteiger partial charge in [0.05, 0.1) is 17.4 Å². The predicted molar refractivity (Wildman–Crippen MR) is 97.4 cm³/mol. The molecule has 3 rings (SSSR count). The Bertz CT molecular complexity index is 724. The largest absolute Gasteiger partial charge is 0.357 e. The lowest BCUT2D eigenvalue weighted by Gasteiger charge is -2.36. The van der Waals surface area contributed by atoms with E-state index >= 15 is 0 Å². The summed E-state index contributed by atoms with van der Waals surface area (Å²) < 4.78 is 0. The van der Waals surface area contributed by atoms with Crippen molar-refractivity contribution < 1.29 is 9.59 Å². The minimum Gasteiger partial charge on any atom is -0.357 e. The zero-order valence-electron chi connectivity index (χ0n) is 14.4. The lowest BCUT2D eigenvalue weighted by Crippen LogP contribution is -2.45. The molecule has 0 unspecified atom stereocenters. The van der Waals surface area contributed by atoms with Crippen molar-refractivity contribution >= 4 is 34.7 Å². The molecule has 0 saturated carbocycles. The standard InChI is InChI=1S/C19H23ClN2O2/c1-4-14-18-13(9-19(2,3)10-16(18)23)21-12-7-5-6-8-15(12)22(14)17(24)11-20/h5-8,14,21H,4,9-11H2,1-3H3/t14-/m0/s1. The molecule has 5 heteroatoms. The van der Waals surface area contributed by atoms with Crippen LogP contribution in [-0.2, 0) is 9.59 Å². The highest BCUT2D eigenvalue weighted by Crippen LogP contribution is 2.44. The third-order valence-corrected chi connectivity index (χ3v) is 5.01. The molecule has 1 aliphatic heterocycles. The molecule has 128 valence electrons. The van der Waals surface area contributed by atoms with Crippen LogP contribution < -0.4 is 10.2 Å². The fourth-order valence-corrected chi connectivity index (χ4v) is 3.97. The number of hydrogen-bond donors (Lipinski definition) is 1. The van der Waals surface area contributed by atoms with E-state index in [4.69, 9.17) is 11.6 Å². The van der Waals surface area contributed by atoms with Crippen LogP contribution in [-0.4, -0.2) is 23.6 Å². The number of halogens is 1. The first-order valence-corrected chi connectivity index (χ1v) is 8.91. The molecule has 1 heterocycles. The molecular weight excluding hydrogens is 324 g/mol. The highest BCUT2D eigenvalue weighted by molar-refractivity contribution is 6.30. The molecule has 0 saturated heterocycles. The first kappa shape index (κ1) is 17.0. The molecule has 0 aromatic heterocycles. The van der Waals surface area contributed by atoms with Crippen LogP contribution in [0.4, 0.5) is 11.4 Å². The first-order valence-electron chi connectivity index (χ1n) is 8.38. The predicted octanol–water partition coefficient (Wildman–Crippen LogP) is 4.11. The van der Waals surface area contributed by atoms with Gasteiger partial charge in [-0.3, -0.25) is 9.59 Å². The van der Waals surface area contributed by atoms with Gasteiger partial charge in [-0.05, 0) is 30.4 Å². The molecule has 0 spiro atoms. The van der Waals surface area contributed by atoms with E-state index in [-0.39, 0.29) is 29.0 Å². The summed E-state index contributed by atoms with van der Waals surface area (Å²) in [5, 5.41) is 3.44. The number of rotatable bonds is 2. The number of Topliss-reactive ketones (excluding diaryl/α,β-unsaturated/α-hetero) is 1. The molecular formula is C19H23ClN2O2. The van der Waals surface area contributed by atoms with E-state index in [1.807, 2.05) is 31.2 Å². The molecule has 1 aromatic rings. The lowest BCUT2D eigenvalue weighted by atomic mass is 9.74.